The molecule has 0 unspecified atom stereocenters. The fourth-order valence-electron chi connectivity index (χ4n) is 1.75. The zero-order valence-electron chi connectivity index (χ0n) is 11.1. The quantitative estimate of drug-likeness (QED) is 0.673. The third-order valence-electron chi connectivity index (χ3n) is 2.77. The van der Waals surface area contributed by atoms with Crippen LogP contribution in [0.25, 0.3) is 0 Å². The highest BCUT2D eigenvalue weighted by atomic mass is 35.5. The first-order valence-corrected chi connectivity index (χ1v) is 6.27. The van der Waals surface area contributed by atoms with E-state index in [2.05, 4.69) is 10.3 Å². The Labute approximate surface area is 121 Å². The molecule has 5 nitrogen and oxygen atoms in total. The van der Waals surface area contributed by atoms with Gasteiger partial charge >= 0.3 is 0 Å². The third-order valence-corrected chi connectivity index (χ3v) is 2.98. The number of rotatable bonds is 3. The van der Waals surface area contributed by atoms with Crippen molar-refractivity contribution in [3.63, 3.8) is 0 Å². The van der Waals surface area contributed by atoms with Gasteiger partial charge < -0.3 is 15.8 Å². The zero-order valence-corrected chi connectivity index (χ0v) is 11.9. The number of hydrogen-bond donors (Lipinski definition) is 2. The van der Waals surface area contributed by atoms with Crippen molar-refractivity contribution in [2.45, 2.75) is 6.92 Å². The van der Waals surface area contributed by atoms with Gasteiger partial charge in [0.15, 0.2) is 0 Å². The molecule has 1 aromatic heterocycles. The van der Waals surface area contributed by atoms with Gasteiger partial charge in [0.05, 0.1) is 24.1 Å². The number of carbonyl (C=O) groups excluding carboxylic acids is 1. The van der Waals surface area contributed by atoms with Gasteiger partial charge in [0.2, 0.25) is 0 Å². The van der Waals surface area contributed by atoms with E-state index < -0.39 is 0 Å². The van der Waals surface area contributed by atoms with Gasteiger partial charge in [0.1, 0.15) is 10.9 Å². The second kappa shape index (κ2) is 5.79. The molecule has 0 atom stereocenters. The van der Waals surface area contributed by atoms with Crippen LogP contribution in [0.5, 0.6) is 5.75 Å². The van der Waals surface area contributed by atoms with Crippen molar-refractivity contribution in [3.8, 4) is 5.75 Å². The van der Waals surface area contributed by atoms with Gasteiger partial charge in [-0.15, -0.1) is 0 Å². The maximum absolute atomic E-state index is 12.2. The van der Waals surface area contributed by atoms with E-state index in [0.717, 1.165) is 0 Å². The van der Waals surface area contributed by atoms with Crippen LogP contribution in [-0.4, -0.2) is 18.0 Å². The first-order valence-electron chi connectivity index (χ1n) is 5.89. The summed E-state index contributed by atoms with van der Waals surface area (Å²) in [6.45, 7) is 1.77. The maximum Gasteiger partial charge on any atom is 0.259 e. The molecule has 20 heavy (non-hydrogen) atoms. The molecule has 1 amide bonds. The van der Waals surface area contributed by atoms with Gasteiger partial charge in [0, 0.05) is 11.8 Å². The fourth-order valence-corrected chi connectivity index (χ4v) is 1.94. The molecule has 0 radical (unpaired) electrons. The fraction of sp³-hybridized carbons (Fsp3) is 0.143. The van der Waals surface area contributed by atoms with Gasteiger partial charge in [0.25, 0.3) is 5.91 Å². The predicted octanol–water partition coefficient (Wildman–Crippen LogP) is 2.89. The summed E-state index contributed by atoms with van der Waals surface area (Å²) in [7, 11) is 1.49. The van der Waals surface area contributed by atoms with E-state index in [9.17, 15) is 4.79 Å². The number of benzene rings is 1. The first-order chi connectivity index (χ1) is 9.51. The number of nitrogens with two attached hydrogens (primary N) is 1. The summed E-state index contributed by atoms with van der Waals surface area (Å²) in [6.07, 6.45) is 0. The summed E-state index contributed by atoms with van der Waals surface area (Å²) in [5.74, 6) is 0.121. The highest BCUT2D eigenvalue weighted by Gasteiger charge is 2.14. The Balaban J connectivity index is 2.28. The molecule has 0 aliphatic heterocycles. The zero-order chi connectivity index (χ0) is 14.7. The largest absolute Gasteiger partial charge is 0.496 e. The van der Waals surface area contributed by atoms with Crippen molar-refractivity contribution in [2.24, 2.45) is 0 Å². The summed E-state index contributed by atoms with van der Waals surface area (Å²) in [6, 6.07) is 8.17. The van der Waals surface area contributed by atoms with Crippen molar-refractivity contribution in [2.75, 3.05) is 18.2 Å². The Morgan fingerprint density at radius 3 is 2.75 bits per heavy atom. The van der Waals surface area contributed by atoms with Gasteiger partial charge in [-0.3, -0.25) is 4.79 Å². The molecule has 2 rings (SSSR count). The Morgan fingerprint density at radius 2 is 2.10 bits per heavy atom. The van der Waals surface area contributed by atoms with E-state index in [1.807, 2.05) is 0 Å². The number of nitrogen functional groups attached to an aromatic ring is 1. The Hall–Kier alpha value is -2.27. The summed E-state index contributed by atoms with van der Waals surface area (Å²) in [4.78, 5) is 16.3. The van der Waals surface area contributed by atoms with Crippen LogP contribution in [0.1, 0.15) is 16.1 Å². The number of halogens is 1. The number of nitrogens with one attached hydrogen (secondary N) is 1. The number of anilines is 2. The van der Waals surface area contributed by atoms with E-state index in [1.54, 1.807) is 37.3 Å². The Morgan fingerprint density at radius 1 is 1.35 bits per heavy atom. The third kappa shape index (κ3) is 3.00. The van der Waals surface area contributed by atoms with Gasteiger partial charge in [-0.25, -0.2) is 4.98 Å². The lowest BCUT2D eigenvalue weighted by molar-refractivity contribution is 0.102. The number of hydrogen-bond acceptors (Lipinski definition) is 4. The molecule has 1 aromatic carbocycles. The monoisotopic (exact) mass is 291 g/mol. The van der Waals surface area contributed by atoms with Crippen LogP contribution in [0.15, 0.2) is 30.3 Å². The molecule has 0 aliphatic carbocycles. The lowest BCUT2D eigenvalue weighted by atomic mass is 10.1. The number of amides is 1. The minimum atomic E-state index is -0.297. The van der Waals surface area contributed by atoms with Crippen LogP contribution < -0.4 is 15.8 Å². The van der Waals surface area contributed by atoms with Crippen LogP contribution >= 0.6 is 11.6 Å². The Kier molecular flexibility index (Phi) is 4.10. The van der Waals surface area contributed by atoms with E-state index in [0.29, 0.717) is 33.5 Å². The highest BCUT2D eigenvalue weighted by Crippen LogP contribution is 2.23. The molecule has 0 aliphatic rings. The minimum absolute atomic E-state index is 0.297. The number of carbonyl (C=O) groups is 1. The number of aromatic nitrogens is 1. The minimum Gasteiger partial charge on any atom is -0.496 e. The number of pyridine rings is 1. The molecule has 0 bridgehead atoms. The van der Waals surface area contributed by atoms with Crippen molar-refractivity contribution in [1.82, 2.24) is 4.98 Å². The molecule has 0 saturated carbocycles. The average Bonchev–Trinajstić information content (AvgIpc) is 2.41. The molecule has 0 spiro atoms. The lowest BCUT2D eigenvalue weighted by Crippen LogP contribution is -2.14. The standard InChI is InChI=1S/C14H14ClN3O2/c1-8-11(5-6-13(15)17-8)18-14(19)10-4-3-9(16)7-12(10)20-2/h3-7H,16H2,1-2H3,(H,18,19). The van der Waals surface area contributed by atoms with E-state index in [4.69, 9.17) is 22.1 Å². The van der Waals surface area contributed by atoms with Crippen molar-refractivity contribution < 1.29 is 9.53 Å². The van der Waals surface area contributed by atoms with Crippen molar-refractivity contribution >= 4 is 28.9 Å². The van der Waals surface area contributed by atoms with E-state index in [-0.39, 0.29) is 5.91 Å². The molecule has 0 saturated heterocycles. The molecule has 3 N–H and O–H groups in total. The van der Waals surface area contributed by atoms with E-state index >= 15 is 0 Å². The van der Waals surface area contributed by atoms with E-state index in [1.165, 1.54) is 7.11 Å². The maximum atomic E-state index is 12.2. The second-order valence-corrected chi connectivity index (χ2v) is 4.57. The SMILES string of the molecule is COc1cc(N)ccc1C(=O)Nc1ccc(Cl)nc1C. The highest BCUT2D eigenvalue weighted by molar-refractivity contribution is 6.29. The van der Waals surface area contributed by atoms with Crippen molar-refractivity contribution in [3.05, 3.63) is 46.7 Å². The van der Waals surface area contributed by atoms with Crippen LogP contribution in [0.4, 0.5) is 11.4 Å². The normalized spacial score (nSPS) is 10.2. The summed E-state index contributed by atoms with van der Waals surface area (Å²) in [5.41, 5.74) is 7.82. The molecule has 0 fully saturated rings. The van der Waals surface area contributed by atoms with Crippen LogP contribution in [0.2, 0.25) is 5.15 Å². The summed E-state index contributed by atoms with van der Waals surface area (Å²) < 4.78 is 5.16. The summed E-state index contributed by atoms with van der Waals surface area (Å²) >= 11 is 5.78. The van der Waals surface area contributed by atoms with Crippen LogP contribution in [-0.2, 0) is 0 Å². The van der Waals surface area contributed by atoms with Crippen LogP contribution in [0, 0.1) is 6.92 Å². The first kappa shape index (κ1) is 14.1. The summed E-state index contributed by atoms with van der Waals surface area (Å²) in [5, 5.41) is 3.15. The molecule has 104 valence electrons. The number of nitrogens with zero attached hydrogens (tertiary/aromatic N) is 1. The smallest absolute Gasteiger partial charge is 0.259 e. The lowest BCUT2D eigenvalue weighted by Gasteiger charge is -2.11. The average molecular weight is 292 g/mol. The number of aryl methyl sites for hydroxylation is 1. The van der Waals surface area contributed by atoms with Gasteiger partial charge in [-0.05, 0) is 31.2 Å². The van der Waals surface area contributed by atoms with Crippen LogP contribution in [0.3, 0.4) is 0 Å². The number of ether oxygens (including phenoxy) is 1. The Bertz CT molecular complexity index is 659. The second-order valence-electron chi connectivity index (χ2n) is 4.18. The molecule has 1 heterocycles. The predicted molar refractivity (Wildman–Crippen MR) is 79.3 cm³/mol. The number of methoxy groups -OCH3 is 1. The van der Waals surface area contributed by atoms with Crippen molar-refractivity contribution in [1.29, 1.82) is 0 Å². The molecular weight excluding hydrogens is 278 g/mol. The van der Waals surface area contributed by atoms with Gasteiger partial charge in [-0.2, -0.15) is 0 Å². The topological polar surface area (TPSA) is 77.2 Å². The molecular formula is C14H14ClN3O2. The molecule has 6 heteroatoms. The van der Waals surface area contributed by atoms with Gasteiger partial charge in [-0.1, -0.05) is 11.6 Å². The molecule has 2 aromatic rings.